The van der Waals surface area contributed by atoms with Gasteiger partial charge in [-0.2, -0.15) is 0 Å². The molecule has 0 atom stereocenters. The van der Waals surface area contributed by atoms with Crippen molar-refractivity contribution < 1.29 is 14.3 Å². The van der Waals surface area contributed by atoms with Crippen molar-refractivity contribution >= 4 is 5.91 Å². The Kier molecular flexibility index (Phi) is 4.07. The van der Waals surface area contributed by atoms with Gasteiger partial charge in [0.15, 0.2) is 11.5 Å². The molecule has 0 aliphatic heterocycles. The largest absolute Gasteiger partial charge is 0.493 e. The number of carbonyl (C=O) groups excluding carboxylic acids is 1. The second kappa shape index (κ2) is 5.76. The third-order valence-electron chi connectivity index (χ3n) is 3.25. The van der Waals surface area contributed by atoms with Crippen LogP contribution < -0.4 is 14.8 Å². The van der Waals surface area contributed by atoms with Crippen molar-refractivity contribution in [3.63, 3.8) is 0 Å². The molecule has 2 rings (SSSR count). The molecule has 1 aliphatic rings. The van der Waals surface area contributed by atoms with Crippen LogP contribution in [-0.2, 0) is 0 Å². The molecule has 1 saturated carbocycles. The Hall–Kier alpha value is -1.71. The van der Waals surface area contributed by atoms with Gasteiger partial charge in [-0.15, -0.1) is 0 Å². The Labute approximate surface area is 107 Å². The van der Waals surface area contributed by atoms with Crippen molar-refractivity contribution in [2.45, 2.75) is 31.8 Å². The van der Waals surface area contributed by atoms with E-state index in [-0.39, 0.29) is 12.0 Å². The summed E-state index contributed by atoms with van der Waals surface area (Å²) in [5.74, 6) is 1.22. The lowest BCUT2D eigenvalue weighted by Gasteiger charge is -2.16. The molecule has 1 fully saturated rings. The van der Waals surface area contributed by atoms with Crippen LogP contribution in [0.4, 0.5) is 0 Å². The average molecular weight is 249 g/mol. The first-order valence-corrected chi connectivity index (χ1v) is 6.31. The summed E-state index contributed by atoms with van der Waals surface area (Å²) in [5, 5.41) is 2.60. The third kappa shape index (κ3) is 2.75. The van der Waals surface area contributed by atoms with Crippen molar-refractivity contribution in [1.82, 2.24) is 5.32 Å². The van der Waals surface area contributed by atoms with E-state index in [0.717, 1.165) is 12.8 Å². The van der Waals surface area contributed by atoms with E-state index in [4.69, 9.17) is 9.47 Å². The van der Waals surface area contributed by atoms with Crippen LogP contribution >= 0.6 is 0 Å². The molecular formula is C14H19NO3. The van der Waals surface area contributed by atoms with E-state index < -0.39 is 0 Å². The molecule has 0 unspecified atom stereocenters. The topological polar surface area (TPSA) is 47.6 Å². The molecule has 1 aromatic carbocycles. The van der Waals surface area contributed by atoms with Gasteiger partial charge in [0.1, 0.15) is 0 Å². The first kappa shape index (κ1) is 12.7. The fourth-order valence-electron chi connectivity index (χ4n) is 2.24. The zero-order valence-corrected chi connectivity index (χ0v) is 10.9. The van der Waals surface area contributed by atoms with Crippen LogP contribution in [0.25, 0.3) is 0 Å². The number of ether oxygens (including phenoxy) is 2. The minimum atomic E-state index is -0.117. The van der Waals surface area contributed by atoms with Gasteiger partial charge in [-0.1, -0.05) is 0 Å². The fraction of sp³-hybridized carbons (Fsp3) is 0.500. The van der Waals surface area contributed by atoms with Crippen molar-refractivity contribution in [2.24, 2.45) is 0 Å². The van der Waals surface area contributed by atoms with Gasteiger partial charge in [-0.05, 0) is 43.9 Å². The predicted molar refractivity (Wildman–Crippen MR) is 69.3 cm³/mol. The number of amides is 1. The monoisotopic (exact) mass is 249 g/mol. The third-order valence-corrected chi connectivity index (χ3v) is 3.25. The average Bonchev–Trinajstić information content (AvgIpc) is 2.90. The van der Waals surface area contributed by atoms with Gasteiger partial charge in [0.05, 0.1) is 13.2 Å². The van der Waals surface area contributed by atoms with E-state index in [9.17, 15) is 4.79 Å². The van der Waals surface area contributed by atoms with Crippen molar-refractivity contribution in [3.8, 4) is 11.5 Å². The summed E-state index contributed by atoms with van der Waals surface area (Å²) in [6.07, 6.45) is 4.82. The minimum Gasteiger partial charge on any atom is -0.493 e. The lowest BCUT2D eigenvalue weighted by molar-refractivity contribution is 0.0962. The maximum Gasteiger partial charge on any atom is 0.251 e. The molecule has 18 heavy (non-hydrogen) atoms. The van der Waals surface area contributed by atoms with Gasteiger partial charge in [0, 0.05) is 12.6 Å². The van der Waals surface area contributed by atoms with Gasteiger partial charge < -0.3 is 14.8 Å². The number of rotatable bonds is 4. The lowest BCUT2D eigenvalue weighted by Crippen LogP contribution is -2.18. The van der Waals surface area contributed by atoms with E-state index in [1.54, 1.807) is 32.4 Å². The number of benzene rings is 1. The predicted octanol–water partition coefficient (Wildman–Crippen LogP) is 2.38. The van der Waals surface area contributed by atoms with E-state index in [2.05, 4.69) is 5.32 Å². The van der Waals surface area contributed by atoms with Gasteiger partial charge in [0.25, 0.3) is 5.91 Å². The molecule has 0 aromatic heterocycles. The Bertz CT molecular complexity index is 425. The van der Waals surface area contributed by atoms with E-state index in [0.29, 0.717) is 17.1 Å². The first-order chi connectivity index (χ1) is 8.74. The Balaban J connectivity index is 2.21. The molecule has 1 aromatic rings. The molecule has 1 N–H and O–H groups in total. The molecule has 1 amide bonds. The fourth-order valence-corrected chi connectivity index (χ4v) is 2.24. The lowest BCUT2D eigenvalue weighted by atomic mass is 10.2. The first-order valence-electron chi connectivity index (χ1n) is 6.31. The number of hydrogen-bond acceptors (Lipinski definition) is 3. The van der Waals surface area contributed by atoms with Crippen LogP contribution in [-0.4, -0.2) is 26.2 Å². The maximum absolute atomic E-state index is 11.6. The Morgan fingerprint density at radius 1 is 1.28 bits per heavy atom. The number of hydrogen-bond donors (Lipinski definition) is 1. The van der Waals surface area contributed by atoms with Crippen LogP contribution in [0.1, 0.15) is 36.0 Å². The van der Waals surface area contributed by atoms with Crippen LogP contribution in [0.3, 0.4) is 0 Å². The van der Waals surface area contributed by atoms with E-state index >= 15 is 0 Å². The molecular weight excluding hydrogens is 230 g/mol. The number of nitrogens with one attached hydrogen (secondary N) is 1. The van der Waals surface area contributed by atoms with Crippen molar-refractivity contribution in [2.75, 3.05) is 14.2 Å². The van der Waals surface area contributed by atoms with Gasteiger partial charge in [-0.25, -0.2) is 0 Å². The summed E-state index contributed by atoms with van der Waals surface area (Å²) in [7, 11) is 3.22. The second-order valence-corrected chi connectivity index (χ2v) is 4.47. The molecule has 4 heteroatoms. The quantitative estimate of drug-likeness (QED) is 0.891. The number of methoxy groups -OCH3 is 1. The summed E-state index contributed by atoms with van der Waals surface area (Å²) < 4.78 is 11.2. The Morgan fingerprint density at radius 3 is 2.61 bits per heavy atom. The standard InChI is InChI=1S/C14H19NO3/c1-15-14(16)10-7-8-12(17-2)13(9-10)18-11-5-3-4-6-11/h7-9,11H,3-6H2,1-2H3,(H,15,16). The maximum atomic E-state index is 11.6. The molecule has 0 saturated heterocycles. The summed E-state index contributed by atoms with van der Waals surface area (Å²) in [4.78, 5) is 11.6. The minimum absolute atomic E-state index is 0.117. The van der Waals surface area contributed by atoms with Crippen molar-refractivity contribution in [3.05, 3.63) is 23.8 Å². The summed E-state index contributed by atoms with van der Waals surface area (Å²) >= 11 is 0. The van der Waals surface area contributed by atoms with Crippen LogP contribution in [0.2, 0.25) is 0 Å². The van der Waals surface area contributed by atoms with Gasteiger partial charge >= 0.3 is 0 Å². The molecule has 0 spiro atoms. The van der Waals surface area contributed by atoms with Crippen LogP contribution in [0.5, 0.6) is 11.5 Å². The smallest absolute Gasteiger partial charge is 0.251 e. The van der Waals surface area contributed by atoms with Crippen LogP contribution in [0, 0.1) is 0 Å². The normalized spacial score (nSPS) is 15.4. The van der Waals surface area contributed by atoms with E-state index in [1.165, 1.54) is 12.8 Å². The molecule has 0 bridgehead atoms. The van der Waals surface area contributed by atoms with Crippen LogP contribution in [0.15, 0.2) is 18.2 Å². The van der Waals surface area contributed by atoms with E-state index in [1.807, 2.05) is 0 Å². The molecule has 0 heterocycles. The second-order valence-electron chi connectivity index (χ2n) is 4.47. The highest BCUT2D eigenvalue weighted by atomic mass is 16.5. The molecule has 98 valence electrons. The molecule has 0 radical (unpaired) electrons. The van der Waals surface area contributed by atoms with Gasteiger partial charge in [0.2, 0.25) is 0 Å². The highest BCUT2D eigenvalue weighted by molar-refractivity contribution is 5.94. The Morgan fingerprint density at radius 2 is 2.00 bits per heavy atom. The molecule has 1 aliphatic carbocycles. The highest BCUT2D eigenvalue weighted by Crippen LogP contribution is 2.32. The van der Waals surface area contributed by atoms with Crippen molar-refractivity contribution in [1.29, 1.82) is 0 Å². The summed E-state index contributed by atoms with van der Waals surface area (Å²) in [6, 6.07) is 5.25. The summed E-state index contributed by atoms with van der Waals surface area (Å²) in [6.45, 7) is 0. The molecule has 4 nitrogen and oxygen atoms in total. The SMILES string of the molecule is CNC(=O)c1ccc(OC)c(OC2CCCC2)c1. The number of carbonyl (C=O) groups is 1. The van der Waals surface area contributed by atoms with Gasteiger partial charge in [-0.3, -0.25) is 4.79 Å². The zero-order valence-electron chi connectivity index (χ0n) is 10.9. The highest BCUT2D eigenvalue weighted by Gasteiger charge is 2.19. The zero-order chi connectivity index (χ0) is 13.0. The summed E-state index contributed by atoms with van der Waals surface area (Å²) in [5.41, 5.74) is 0.589.